The molecule has 0 saturated carbocycles. The first-order valence-corrected chi connectivity index (χ1v) is 4.53. The molecule has 0 spiro atoms. The van der Waals surface area contributed by atoms with Gasteiger partial charge in [-0.05, 0) is 19.3 Å². The van der Waals surface area contributed by atoms with E-state index in [2.05, 4.69) is 11.8 Å². The zero-order valence-corrected chi connectivity index (χ0v) is 7.66. The molecule has 70 valence electrons. The molecule has 0 aromatic carbocycles. The first-order valence-electron chi connectivity index (χ1n) is 4.53. The molecule has 1 saturated heterocycles. The Bertz CT molecular complexity index is 215. The van der Waals surface area contributed by atoms with Gasteiger partial charge in [0.1, 0.15) is 6.10 Å². The third kappa shape index (κ3) is 3.51. The summed E-state index contributed by atoms with van der Waals surface area (Å²) in [5.74, 6) is 4.99. The third-order valence-electron chi connectivity index (χ3n) is 1.94. The zero-order chi connectivity index (χ0) is 9.52. The lowest BCUT2D eigenvalue weighted by molar-refractivity contribution is -0.175. The van der Waals surface area contributed by atoms with Crippen molar-refractivity contribution in [3.63, 3.8) is 0 Å². The van der Waals surface area contributed by atoms with Crippen molar-refractivity contribution in [1.29, 1.82) is 0 Å². The summed E-state index contributed by atoms with van der Waals surface area (Å²) in [7, 11) is 0. The highest BCUT2D eigenvalue weighted by Crippen LogP contribution is 2.15. The highest BCUT2D eigenvalue weighted by atomic mass is 16.7. The largest absolute Gasteiger partial charge is 0.353 e. The summed E-state index contributed by atoms with van der Waals surface area (Å²) in [4.78, 5) is 0. The van der Waals surface area contributed by atoms with Crippen LogP contribution in [0.2, 0.25) is 0 Å². The Balaban J connectivity index is 2.29. The minimum atomic E-state index is -0.298. The molecular weight excluding hydrogens is 164 g/mol. The molecule has 0 bridgehead atoms. The summed E-state index contributed by atoms with van der Waals surface area (Å²) in [5.41, 5.74) is 0. The molecule has 0 radical (unpaired) electrons. The van der Waals surface area contributed by atoms with Gasteiger partial charge in [0, 0.05) is 13.0 Å². The average molecular weight is 178 g/mol. The zero-order valence-electron chi connectivity index (χ0n) is 7.66. The first kappa shape index (κ1) is 10.1. The summed E-state index contributed by atoms with van der Waals surface area (Å²) < 4.78 is 10.9. The molecule has 0 aromatic heterocycles. The molecule has 2 heteroatoms. The Morgan fingerprint density at radius 2 is 2.31 bits per heavy atom. The van der Waals surface area contributed by atoms with Gasteiger partial charge in [-0.3, -0.25) is 0 Å². The average Bonchev–Trinajstić information content (AvgIpc) is 2.19. The predicted octanol–water partition coefficient (Wildman–Crippen LogP) is 1.55. The van der Waals surface area contributed by atoms with Gasteiger partial charge in [0.25, 0.3) is 0 Å². The predicted molar refractivity (Wildman–Crippen MR) is 50.7 cm³/mol. The van der Waals surface area contributed by atoms with Crippen LogP contribution in [0.5, 0.6) is 0 Å². The molecule has 2 nitrogen and oxygen atoms in total. The van der Waals surface area contributed by atoms with Crippen LogP contribution in [0.4, 0.5) is 0 Å². The molecule has 0 N–H and O–H groups in total. The summed E-state index contributed by atoms with van der Waals surface area (Å²) in [6.45, 7) is 0.762. The number of hydrogen-bond acceptors (Lipinski definition) is 2. The second-order valence-electron chi connectivity index (χ2n) is 3.00. The molecule has 13 heavy (non-hydrogen) atoms. The highest BCUT2D eigenvalue weighted by molar-refractivity contribution is 5.02. The molecule has 2 atom stereocenters. The smallest absolute Gasteiger partial charge is 0.159 e. The lowest BCUT2D eigenvalue weighted by Crippen LogP contribution is -2.27. The molecule has 1 aliphatic rings. The van der Waals surface area contributed by atoms with E-state index in [0.29, 0.717) is 6.42 Å². The fraction of sp³-hybridized carbons (Fsp3) is 0.636. The molecule has 0 amide bonds. The van der Waals surface area contributed by atoms with Gasteiger partial charge in [0.15, 0.2) is 6.29 Å². The maximum Gasteiger partial charge on any atom is 0.159 e. The molecule has 1 fully saturated rings. The van der Waals surface area contributed by atoms with Gasteiger partial charge in [-0.2, -0.15) is 0 Å². The molecule has 1 aliphatic heterocycles. The molecule has 2 unspecified atom stereocenters. The highest BCUT2D eigenvalue weighted by Gasteiger charge is 2.17. The van der Waals surface area contributed by atoms with Gasteiger partial charge in [-0.15, -0.1) is 18.8 Å². The van der Waals surface area contributed by atoms with Crippen LogP contribution in [-0.4, -0.2) is 19.0 Å². The van der Waals surface area contributed by atoms with Crippen molar-refractivity contribution in [2.24, 2.45) is 0 Å². The van der Waals surface area contributed by atoms with Crippen molar-refractivity contribution in [3.05, 3.63) is 0 Å². The van der Waals surface area contributed by atoms with Crippen molar-refractivity contribution in [1.82, 2.24) is 0 Å². The van der Waals surface area contributed by atoms with Crippen LogP contribution in [0.1, 0.15) is 25.7 Å². The van der Waals surface area contributed by atoms with E-state index in [1.165, 1.54) is 0 Å². The third-order valence-corrected chi connectivity index (χ3v) is 1.94. The quantitative estimate of drug-likeness (QED) is 0.610. The van der Waals surface area contributed by atoms with Gasteiger partial charge < -0.3 is 9.47 Å². The Morgan fingerprint density at radius 1 is 1.46 bits per heavy atom. The fourth-order valence-corrected chi connectivity index (χ4v) is 1.26. The van der Waals surface area contributed by atoms with Gasteiger partial charge in [-0.25, -0.2) is 0 Å². The van der Waals surface area contributed by atoms with Crippen molar-refractivity contribution in [2.75, 3.05) is 6.61 Å². The van der Waals surface area contributed by atoms with Gasteiger partial charge in [0.2, 0.25) is 0 Å². The standard InChI is InChI=1S/C11H14O2/c1-3-7-10(4-2)13-11-8-5-6-9-12-11/h1-2,10-11H,5-9H2. The van der Waals surface area contributed by atoms with E-state index in [9.17, 15) is 0 Å². The van der Waals surface area contributed by atoms with E-state index in [4.69, 9.17) is 22.3 Å². The van der Waals surface area contributed by atoms with Crippen LogP contribution in [0, 0.1) is 24.7 Å². The Labute approximate surface area is 79.6 Å². The summed E-state index contributed by atoms with van der Waals surface area (Å²) in [5, 5.41) is 0. The van der Waals surface area contributed by atoms with Crippen molar-refractivity contribution < 1.29 is 9.47 Å². The normalized spacial score (nSPS) is 24.3. The van der Waals surface area contributed by atoms with Crippen LogP contribution < -0.4 is 0 Å². The van der Waals surface area contributed by atoms with Crippen molar-refractivity contribution in [3.8, 4) is 24.7 Å². The van der Waals surface area contributed by atoms with E-state index < -0.39 is 0 Å². The van der Waals surface area contributed by atoms with Crippen LogP contribution in [0.15, 0.2) is 0 Å². The van der Waals surface area contributed by atoms with E-state index in [1.807, 2.05) is 0 Å². The van der Waals surface area contributed by atoms with E-state index in [-0.39, 0.29) is 12.4 Å². The summed E-state index contributed by atoms with van der Waals surface area (Å²) in [6.07, 6.45) is 13.6. The van der Waals surface area contributed by atoms with Crippen molar-refractivity contribution >= 4 is 0 Å². The van der Waals surface area contributed by atoms with Crippen molar-refractivity contribution in [2.45, 2.75) is 38.1 Å². The summed E-state index contributed by atoms with van der Waals surface area (Å²) in [6, 6.07) is 0. The molecule has 1 rings (SSSR count). The van der Waals surface area contributed by atoms with Crippen LogP contribution in [-0.2, 0) is 9.47 Å². The van der Waals surface area contributed by atoms with Gasteiger partial charge >= 0.3 is 0 Å². The SMILES string of the molecule is C#CCC(C#C)OC1CCCCO1. The number of ether oxygens (including phenoxy) is 2. The lowest BCUT2D eigenvalue weighted by Gasteiger charge is -2.24. The summed E-state index contributed by atoms with van der Waals surface area (Å²) >= 11 is 0. The van der Waals surface area contributed by atoms with Gasteiger partial charge in [-0.1, -0.05) is 5.92 Å². The maximum absolute atomic E-state index is 5.48. The lowest BCUT2D eigenvalue weighted by atomic mass is 10.2. The fourth-order valence-electron chi connectivity index (χ4n) is 1.26. The Morgan fingerprint density at radius 3 is 2.85 bits per heavy atom. The van der Waals surface area contributed by atoms with Crippen LogP contribution in [0.25, 0.3) is 0 Å². The second-order valence-corrected chi connectivity index (χ2v) is 3.00. The Hall–Kier alpha value is -0.960. The molecule has 1 heterocycles. The second kappa shape index (κ2) is 5.65. The van der Waals surface area contributed by atoms with E-state index >= 15 is 0 Å². The van der Waals surface area contributed by atoms with E-state index in [1.54, 1.807) is 0 Å². The van der Waals surface area contributed by atoms with Crippen LogP contribution in [0.3, 0.4) is 0 Å². The molecule has 0 aromatic rings. The van der Waals surface area contributed by atoms with Gasteiger partial charge in [0.05, 0.1) is 0 Å². The minimum Gasteiger partial charge on any atom is -0.353 e. The first-order chi connectivity index (χ1) is 6.36. The monoisotopic (exact) mass is 178 g/mol. The maximum atomic E-state index is 5.48. The Kier molecular flexibility index (Phi) is 4.40. The van der Waals surface area contributed by atoms with E-state index in [0.717, 1.165) is 25.9 Å². The molecular formula is C11H14O2. The number of hydrogen-bond donors (Lipinski definition) is 0. The molecule has 0 aliphatic carbocycles. The number of terminal acetylenes is 2. The van der Waals surface area contributed by atoms with Crippen LogP contribution >= 0.6 is 0 Å². The topological polar surface area (TPSA) is 18.5 Å². The minimum absolute atomic E-state index is 0.150. The number of rotatable bonds is 3.